The van der Waals surface area contributed by atoms with Crippen LogP contribution < -0.4 is 5.32 Å². The molecule has 1 fully saturated rings. The summed E-state index contributed by atoms with van der Waals surface area (Å²) < 4.78 is 11.1. The van der Waals surface area contributed by atoms with E-state index in [2.05, 4.69) is 31.0 Å². The number of nitrogens with zero attached hydrogens (tertiary/aromatic N) is 1. The topological polar surface area (TPSA) is 32.3 Å². The van der Waals surface area contributed by atoms with Crippen LogP contribution in [0.2, 0.25) is 0 Å². The zero-order valence-electron chi connectivity index (χ0n) is 12.4. The molecule has 1 aliphatic heterocycles. The van der Waals surface area contributed by atoms with Crippen molar-refractivity contribution in [2.24, 2.45) is 5.92 Å². The molecular formula is C14H30N2OS. The monoisotopic (exact) mass is 274 g/mol. The minimum Gasteiger partial charge on any atom is -0.311 e. The lowest BCUT2D eigenvalue weighted by Crippen LogP contribution is -2.58. The fourth-order valence-electron chi connectivity index (χ4n) is 2.83. The molecule has 1 rings (SSSR count). The number of nitrogens with one attached hydrogen (secondary N) is 1. The van der Waals surface area contributed by atoms with Gasteiger partial charge in [-0.1, -0.05) is 27.2 Å². The maximum atomic E-state index is 11.1. The zero-order valence-corrected chi connectivity index (χ0v) is 13.3. The molecule has 0 aromatic heterocycles. The van der Waals surface area contributed by atoms with E-state index in [1.807, 2.05) is 0 Å². The van der Waals surface area contributed by atoms with Gasteiger partial charge in [0.05, 0.1) is 0 Å². The summed E-state index contributed by atoms with van der Waals surface area (Å²) in [4.78, 5) is 2.62. The normalized spacial score (nSPS) is 27.6. The molecule has 0 bridgehead atoms. The number of piperazine rings is 1. The van der Waals surface area contributed by atoms with Crippen molar-refractivity contribution in [3.05, 3.63) is 0 Å². The molecule has 1 saturated heterocycles. The van der Waals surface area contributed by atoms with Crippen LogP contribution in [0, 0.1) is 5.92 Å². The molecule has 0 spiro atoms. The first-order valence-corrected chi connectivity index (χ1v) is 9.04. The van der Waals surface area contributed by atoms with E-state index < -0.39 is 10.8 Å². The minimum atomic E-state index is -0.646. The Hall–Kier alpha value is 0.0700. The highest BCUT2D eigenvalue weighted by molar-refractivity contribution is 7.84. The van der Waals surface area contributed by atoms with Crippen LogP contribution in [0.1, 0.15) is 40.0 Å². The Balaban J connectivity index is 2.46. The smallest absolute Gasteiger partial charge is 0.0244 e. The van der Waals surface area contributed by atoms with Crippen molar-refractivity contribution in [2.45, 2.75) is 52.1 Å². The highest BCUT2D eigenvalue weighted by Gasteiger charge is 2.28. The van der Waals surface area contributed by atoms with E-state index in [0.29, 0.717) is 18.0 Å². The molecule has 4 heteroatoms. The van der Waals surface area contributed by atoms with Crippen molar-refractivity contribution < 1.29 is 4.21 Å². The molecule has 1 heterocycles. The molecule has 0 aromatic rings. The molecule has 3 atom stereocenters. The predicted octanol–water partition coefficient (Wildman–Crippen LogP) is 1.85. The van der Waals surface area contributed by atoms with Crippen molar-refractivity contribution in [1.82, 2.24) is 10.2 Å². The molecule has 1 aliphatic rings. The second-order valence-corrected chi connectivity index (χ2v) is 7.39. The Bertz CT molecular complexity index is 258. The summed E-state index contributed by atoms with van der Waals surface area (Å²) in [6.07, 6.45) is 5.38. The van der Waals surface area contributed by atoms with Gasteiger partial charge in [-0.3, -0.25) is 9.11 Å². The van der Waals surface area contributed by atoms with Crippen LogP contribution in [0.15, 0.2) is 0 Å². The lowest BCUT2D eigenvalue weighted by molar-refractivity contribution is 0.0961. The molecule has 3 nitrogen and oxygen atoms in total. The van der Waals surface area contributed by atoms with Crippen LogP contribution in [0.4, 0.5) is 0 Å². The van der Waals surface area contributed by atoms with E-state index in [4.69, 9.17) is 0 Å². The zero-order chi connectivity index (χ0) is 13.5. The van der Waals surface area contributed by atoms with E-state index in [0.717, 1.165) is 31.8 Å². The Labute approximate surface area is 115 Å². The van der Waals surface area contributed by atoms with Crippen LogP contribution in [-0.4, -0.2) is 52.8 Å². The highest BCUT2D eigenvalue weighted by atomic mass is 32.2. The predicted molar refractivity (Wildman–Crippen MR) is 80.4 cm³/mol. The number of hydrogen-bond donors (Lipinski definition) is 1. The van der Waals surface area contributed by atoms with Crippen LogP contribution in [0.5, 0.6) is 0 Å². The first-order valence-electron chi connectivity index (χ1n) is 7.32. The Kier molecular flexibility index (Phi) is 7.42. The Morgan fingerprint density at radius 1 is 1.44 bits per heavy atom. The van der Waals surface area contributed by atoms with E-state index >= 15 is 0 Å². The van der Waals surface area contributed by atoms with Gasteiger partial charge in [-0.25, -0.2) is 0 Å². The standard InChI is InChI=1S/C14H30N2OS/c1-5-7-13-11-16(8-6-9-18(4)17)14(10-15-13)12(2)3/h12-15H,5-11H2,1-4H3. The van der Waals surface area contributed by atoms with Crippen molar-refractivity contribution >= 4 is 10.8 Å². The molecule has 0 aromatic carbocycles. The average Bonchev–Trinajstić information content (AvgIpc) is 2.29. The largest absolute Gasteiger partial charge is 0.311 e. The van der Waals surface area contributed by atoms with Gasteiger partial charge in [-0.15, -0.1) is 0 Å². The average molecular weight is 274 g/mol. The van der Waals surface area contributed by atoms with Gasteiger partial charge in [-0.05, 0) is 25.3 Å². The maximum absolute atomic E-state index is 11.1. The molecule has 0 saturated carbocycles. The molecule has 108 valence electrons. The third kappa shape index (κ3) is 5.37. The van der Waals surface area contributed by atoms with Gasteiger partial charge in [0.2, 0.25) is 0 Å². The van der Waals surface area contributed by atoms with Gasteiger partial charge < -0.3 is 5.32 Å². The molecule has 0 aliphatic carbocycles. The fourth-order valence-corrected chi connectivity index (χ4v) is 3.36. The fraction of sp³-hybridized carbons (Fsp3) is 1.00. The summed E-state index contributed by atoms with van der Waals surface area (Å²) >= 11 is 0. The lowest BCUT2D eigenvalue weighted by atomic mass is 9.97. The summed E-state index contributed by atoms with van der Waals surface area (Å²) in [5, 5.41) is 3.68. The van der Waals surface area contributed by atoms with Crippen molar-refractivity contribution in [2.75, 3.05) is 31.6 Å². The van der Waals surface area contributed by atoms with E-state index in [-0.39, 0.29) is 0 Å². The Morgan fingerprint density at radius 3 is 2.72 bits per heavy atom. The van der Waals surface area contributed by atoms with Gasteiger partial charge in [0.25, 0.3) is 0 Å². The minimum absolute atomic E-state index is 0.642. The van der Waals surface area contributed by atoms with Gasteiger partial charge in [0.1, 0.15) is 0 Å². The number of rotatable bonds is 7. The van der Waals surface area contributed by atoms with Gasteiger partial charge in [0.15, 0.2) is 0 Å². The van der Waals surface area contributed by atoms with E-state index in [1.54, 1.807) is 6.26 Å². The summed E-state index contributed by atoms with van der Waals surface area (Å²) in [6, 6.07) is 1.29. The maximum Gasteiger partial charge on any atom is 0.0244 e. The van der Waals surface area contributed by atoms with Crippen LogP contribution in [0.3, 0.4) is 0 Å². The van der Waals surface area contributed by atoms with Crippen molar-refractivity contribution in [3.63, 3.8) is 0 Å². The highest BCUT2D eigenvalue weighted by Crippen LogP contribution is 2.17. The lowest BCUT2D eigenvalue weighted by Gasteiger charge is -2.42. The summed E-state index contributed by atoms with van der Waals surface area (Å²) in [5.41, 5.74) is 0. The third-order valence-electron chi connectivity index (χ3n) is 3.82. The first-order chi connectivity index (χ1) is 8.54. The van der Waals surface area contributed by atoms with Crippen molar-refractivity contribution in [1.29, 1.82) is 0 Å². The summed E-state index contributed by atoms with van der Waals surface area (Å²) in [7, 11) is -0.646. The van der Waals surface area contributed by atoms with Gasteiger partial charge in [-0.2, -0.15) is 0 Å². The summed E-state index contributed by atoms with van der Waals surface area (Å²) in [6.45, 7) is 10.2. The van der Waals surface area contributed by atoms with E-state index in [9.17, 15) is 4.21 Å². The number of hydrogen-bond acceptors (Lipinski definition) is 3. The van der Waals surface area contributed by atoms with Gasteiger partial charge >= 0.3 is 0 Å². The van der Waals surface area contributed by atoms with E-state index in [1.165, 1.54) is 12.8 Å². The second kappa shape index (κ2) is 8.28. The molecule has 18 heavy (non-hydrogen) atoms. The second-order valence-electron chi connectivity index (χ2n) is 5.83. The molecular weight excluding hydrogens is 244 g/mol. The quantitative estimate of drug-likeness (QED) is 0.769. The summed E-state index contributed by atoms with van der Waals surface area (Å²) in [5.74, 6) is 1.53. The molecule has 0 radical (unpaired) electrons. The van der Waals surface area contributed by atoms with Crippen LogP contribution in [0.25, 0.3) is 0 Å². The van der Waals surface area contributed by atoms with Crippen LogP contribution in [-0.2, 0) is 10.8 Å². The molecule has 0 amide bonds. The first kappa shape index (κ1) is 16.1. The third-order valence-corrected chi connectivity index (χ3v) is 4.69. The van der Waals surface area contributed by atoms with Crippen molar-refractivity contribution in [3.8, 4) is 0 Å². The Morgan fingerprint density at radius 2 is 2.17 bits per heavy atom. The molecule has 3 unspecified atom stereocenters. The molecule has 1 N–H and O–H groups in total. The van der Waals surface area contributed by atoms with Crippen LogP contribution >= 0.6 is 0 Å². The van der Waals surface area contributed by atoms with Gasteiger partial charge in [0, 0.05) is 48.0 Å². The SMILES string of the molecule is CCCC1CN(CCCS(C)=O)C(C(C)C)CN1.